The van der Waals surface area contributed by atoms with Crippen molar-refractivity contribution in [2.24, 2.45) is 0 Å². The number of ether oxygens (including phenoxy) is 3. The van der Waals surface area contributed by atoms with E-state index in [4.69, 9.17) is 14.2 Å². The summed E-state index contributed by atoms with van der Waals surface area (Å²) in [6, 6.07) is 15.4. The number of aromatic nitrogens is 1. The maximum absolute atomic E-state index is 12.1. The average Bonchev–Trinajstić information content (AvgIpc) is 3.13. The lowest BCUT2D eigenvalue weighted by atomic mass is 10.0. The number of hydrogen-bond donors (Lipinski definition) is 1. The van der Waals surface area contributed by atoms with E-state index >= 15 is 0 Å². The first-order chi connectivity index (χ1) is 12.2. The van der Waals surface area contributed by atoms with Crippen molar-refractivity contribution in [3.05, 3.63) is 72.1 Å². The molecule has 5 nitrogen and oxygen atoms in total. The van der Waals surface area contributed by atoms with Gasteiger partial charge in [0.2, 0.25) is 0 Å². The van der Waals surface area contributed by atoms with E-state index in [2.05, 4.69) is 4.98 Å². The normalized spacial score (nSPS) is 11.4. The lowest BCUT2D eigenvalue weighted by Gasteiger charge is -2.13. The number of hydrogen-bond acceptors (Lipinski definition) is 4. The Labute approximate surface area is 145 Å². The average molecular weight is 337 g/mol. The first-order valence-corrected chi connectivity index (χ1v) is 7.83. The zero-order valence-corrected chi connectivity index (χ0v) is 14.1. The molecule has 0 unspecified atom stereocenters. The number of methoxy groups -OCH3 is 2. The number of carbonyl (C=O) groups is 1. The van der Waals surface area contributed by atoms with E-state index in [-0.39, 0.29) is 0 Å². The molecule has 0 saturated heterocycles. The molecule has 128 valence electrons. The molecule has 0 spiro atoms. The summed E-state index contributed by atoms with van der Waals surface area (Å²) >= 11 is 0. The minimum atomic E-state index is -0.458. The SMILES string of the molecule is COC=C(C(=O)OC)c1ccccc1COc1cccc2cc[nH]c12. The number of aromatic amines is 1. The summed E-state index contributed by atoms with van der Waals surface area (Å²) in [5.74, 6) is 0.299. The molecule has 25 heavy (non-hydrogen) atoms. The summed E-state index contributed by atoms with van der Waals surface area (Å²) in [6.45, 7) is 0.312. The number of para-hydroxylation sites is 1. The Morgan fingerprint density at radius 3 is 2.72 bits per heavy atom. The van der Waals surface area contributed by atoms with Crippen LogP contribution >= 0.6 is 0 Å². The van der Waals surface area contributed by atoms with Crippen LogP contribution in [0.15, 0.2) is 61.0 Å². The van der Waals surface area contributed by atoms with Crippen molar-refractivity contribution >= 4 is 22.4 Å². The van der Waals surface area contributed by atoms with Crippen molar-refractivity contribution in [2.75, 3.05) is 14.2 Å². The fourth-order valence-electron chi connectivity index (χ4n) is 2.69. The minimum Gasteiger partial charge on any atom is -0.503 e. The highest BCUT2D eigenvalue weighted by Crippen LogP contribution is 2.26. The molecule has 1 heterocycles. The molecule has 0 fully saturated rings. The van der Waals surface area contributed by atoms with Gasteiger partial charge in [-0.05, 0) is 23.3 Å². The van der Waals surface area contributed by atoms with Crippen molar-refractivity contribution in [2.45, 2.75) is 6.61 Å². The third-order valence-corrected chi connectivity index (χ3v) is 3.88. The molecule has 0 saturated carbocycles. The molecule has 0 aliphatic rings. The van der Waals surface area contributed by atoms with Gasteiger partial charge in [-0.1, -0.05) is 36.4 Å². The number of benzene rings is 2. The summed E-state index contributed by atoms with van der Waals surface area (Å²) in [7, 11) is 2.84. The van der Waals surface area contributed by atoms with E-state index in [1.165, 1.54) is 20.5 Å². The van der Waals surface area contributed by atoms with Crippen molar-refractivity contribution in [1.29, 1.82) is 0 Å². The third kappa shape index (κ3) is 3.50. The molecule has 0 atom stereocenters. The molecule has 0 aliphatic carbocycles. The van der Waals surface area contributed by atoms with E-state index in [1.54, 1.807) is 0 Å². The van der Waals surface area contributed by atoms with Crippen molar-refractivity contribution < 1.29 is 19.0 Å². The van der Waals surface area contributed by atoms with Crippen LogP contribution in [0.2, 0.25) is 0 Å². The van der Waals surface area contributed by atoms with E-state index in [0.29, 0.717) is 12.2 Å². The lowest BCUT2D eigenvalue weighted by Crippen LogP contribution is -2.08. The van der Waals surface area contributed by atoms with Crippen molar-refractivity contribution in [3.63, 3.8) is 0 Å². The number of esters is 1. The van der Waals surface area contributed by atoms with Crippen LogP contribution in [0.4, 0.5) is 0 Å². The molecular weight excluding hydrogens is 318 g/mol. The molecule has 0 amide bonds. The smallest absolute Gasteiger partial charge is 0.341 e. The van der Waals surface area contributed by atoms with Crippen LogP contribution in [0.1, 0.15) is 11.1 Å². The predicted molar refractivity (Wildman–Crippen MR) is 96.1 cm³/mol. The van der Waals surface area contributed by atoms with Gasteiger partial charge in [0.25, 0.3) is 0 Å². The van der Waals surface area contributed by atoms with Gasteiger partial charge >= 0.3 is 5.97 Å². The molecule has 0 aliphatic heterocycles. The maximum Gasteiger partial charge on any atom is 0.341 e. The highest BCUT2D eigenvalue weighted by Gasteiger charge is 2.17. The van der Waals surface area contributed by atoms with Gasteiger partial charge in [0.1, 0.15) is 17.9 Å². The molecule has 3 rings (SSSR count). The first kappa shape index (κ1) is 16.6. The van der Waals surface area contributed by atoms with Gasteiger partial charge in [-0.3, -0.25) is 0 Å². The number of fused-ring (bicyclic) bond motifs is 1. The second kappa shape index (κ2) is 7.57. The Bertz CT molecular complexity index is 911. The van der Waals surface area contributed by atoms with Crippen LogP contribution in [0, 0.1) is 0 Å². The second-order valence-corrected chi connectivity index (χ2v) is 5.40. The fourth-order valence-corrected chi connectivity index (χ4v) is 2.69. The molecule has 2 aromatic carbocycles. The fraction of sp³-hybridized carbons (Fsp3) is 0.150. The molecule has 3 aromatic rings. The minimum absolute atomic E-state index is 0.312. The van der Waals surface area contributed by atoms with Crippen LogP contribution in [-0.2, 0) is 20.9 Å². The number of rotatable bonds is 6. The summed E-state index contributed by atoms with van der Waals surface area (Å²) in [5, 5.41) is 1.08. The van der Waals surface area contributed by atoms with Crippen molar-refractivity contribution in [3.8, 4) is 5.75 Å². The molecule has 0 bridgehead atoms. The van der Waals surface area contributed by atoms with Gasteiger partial charge in [-0.25, -0.2) is 4.79 Å². The van der Waals surface area contributed by atoms with Crippen LogP contribution in [0.25, 0.3) is 16.5 Å². The van der Waals surface area contributed by atoms with Gasteiger partial charge in [0.15, 0.2) is 0 Å². The molecule has 1 aromatic heterocycles. The zero-order chi connectivity index (χ0) is 17.6. The van der Waals surface area contributed by atoms with Gasteiger partial charge in [0, 0.05) is 11.6 Å². The van der Waals surface area contributed by atoms with Crippen LogP contribution in [0.3, 0.4) is 0 Å². The first-order valence-electron chi connectivity index (χ1n) is 7.83. The summed E-state index contributed by atoms with van der Waals surface area (Å²) < 4.78 is 15.9. The van der Waals surface area contributed by atoms with Gasteiger partial charge in [-0.2, -0.15) is 0 Å². The number of carbonyl (C=O) groups excluding carboxylic acids is 1. The standard InChI is InChI=1S/C20H19NO4/c1-23-13-17(20(22)24-2)16-8-4-3-6-15(16)12-25-18-9-5-7-14-10-11-21-19(14)18/h3-11,13,21H,12H2,1-2H3. The summed E-state index contributed by atoms with van der Waals surface area (Å²) in [6.07, 6.45) is 3.26. The quantitative estimate of drug-likeness (QED) is 0.421. The van der Waals surface area contributed by atoms with Gasteiger partial charge < -0.3 is 19.2 Å². The van der Waals surface area contributed by atoms with Crippen molar-refractivity contribution in [1.82, 2.24) is 4.98 Å². The summed E-state index contributed by atoms with van der Waals surface area (Å²) in [4.78, 5) is 15.2. The molecule has 1 N–H and O–H groups in total. The molecule has 0 radical (unpaired) electrons. The highest BCUT2D eigenvalue weighted by atomic mass is 16.5. The van der Waals surface area contributed by atoms with Gasteiger partial charge in [-0.15, -0.1) is 0 Å². The molecular formula is C20H19NO4. The lowest BCUT2D eigenvalue weighted by molar-refractivity contribution is -0.133. The zero-order valence-electron chi connectivity index (χ0n) is 14.1. The highest BCUT2D eigenvalue weighted by molar-refractivity contribution is 6.16. The van der Waals surface area contributed by atoms with E-state index in [1.807, 2.05) is 54.7 Å². The van der Waals surface area contributed by atoms with Crippen LogP contribution < -0.4 is 4.74 Å². The Morgan fingerprint density at radius 1 is 1.08 bits per heavy atom. The summed E-state index contributed by atoms with van der Waals surface area (Å²) in [5.41, 5.74) is 2.87. The Kier molecular flexibility index (Phi) is 5.04. The predicted octanol–water partition coefficient (Wildman–Crippen LogP) is 3.91. The van der Waals surface area contributed by atoms with E-state index < -0.39 is 5.97 Å². The monoisotopic (exact) mass is 337 g/mol. The van der Waals surface area contributed by atoms with E-state index in [0.717, 1.165) is 27.8 Å². The number of nitrogens with one attached hydrogen (secondary N) is 1. The Hall–Kier alpha value is -3.21. The molecule has 5 heteroatoms. The second-order valence-electron chi connectivity index (χ2n) is 5.40. The largest absolute Gasteiger partial charge is 0.503 e. The van der Waals surface area contributed by atoms with Crippen LogP contribution in [-0.4, -0.2) is 25.2 Å². The van der Waals surface area contributed by atoms with Gasteiger partial charge in [0.05, 0.1) is 26.0 Å². The number of H-pyrrole nitrogens is 1. The Morgan fingerprint density at radius 2 is 1.92 bits per heavy atom. The Balaban J connectivity index is 1.90. The maximum atomic E-state index is 12.1. The van der Waals surface area contributed by atoms with Crippen LogP contribution in [0.5, 0.6) is 5.75 Å². The van der Waals surface area contributed by atoms with E-state index in [9.17, 15) is 4.79 Å². The topological polar surface area (TPSA) is 60.6 Å². The third-order valence-electron chi connectivity index (χ3n) is 3.88.